The largest absolute Gasteiger partial charge is 0.487 e. The van der Waals surface area contributed by atoms with Crippen LogP contribution in [0.5, 0.6) is 5.75 Å². The van der Waals surface area contributed by atoms with Crippen molar-refractivity contribution in [3.05, 3.63) is 105 Å². The maximum absolute atomic E-state index is 12.4. The van der Waals surface area contributed by atoms with Gasteiger partial charge in [0, 0.05) is 17.2 Å². The summed E-state index contributed by atoms with van der Waals surface area (Å²) in [7, 11) is 0. The van der Waals surface area contributed by atoms with Crippen molar-refractivity contribution in [2.75, 3.05) is 0 Å². The van der Waals surface area contributed by atoms with E-state index in [0.29, 0.717) is 17.7 Å². The fourth-order valence-electron chi connectivity index (χ4n) is 3.49. The number of rotatable bonds is 6. The van der Waals surface area contributed by atoms with Gasteiger partial charge in [-0.3, -0.25) is 10.1 Å². The van der Waals surface area contributed by atoms with Crippen molar-refractivity contribution in [2.24, 2.45) is 4.99 Å². The number of hydrogen-bond acceptors (Lipinski definition) is 6. The van der Waals surface area contributed by atoms with E-state index in [2.05, 4.69) is 56.2 Å². The molecule has 0 radical (unpaired) electrons. The summed E-state index contributed by atoms with van der Waals surface area (Å²) in [6.07, 6.45) is 1.64. The lowest BCUT2D eigenvalue weighted by molar-refractivity contribution is -0.385. The van der Waals surface area contributed by atoms with Crippen LogP contribution in [0, 0.1) is 31.1 Å². The second-order valence-electron chi connectivity index (χ2n) is 7.63. The molecular weight excluding hydrogens is 662 g/mol. The number of carbonyl (C=O) groups is 1. The Labute approximate surface area is 223 Å². The molecule has 0 saturated carbocycles. The van der Waals surface area contributed by atoms with Gasteiger partial charge in [-0.05, 0) is 94.4 Å². The number of nitro groups is 1. The van der Waals surface area contributed by atoms with Crippen LogP contribution in [-0.2, 0) is 16.1 Å². The summed E-state index contributed by atoms with van der Waals surface area (Å²) < 4.78 is 13.2. The molecule has 172 valence electrons. The van der Waals surface area contributed by atoms with E-state index in [1.807, 2.05) is 37.3 Å². The SMILES string of the molecule is Cc1cccc(COc2c(I)cc(/C=C3\N=C(c4cccc([N+](=O)[O-])c4C)OC3=O)cc2I)c1. The lowest BCUT2D eigenvalue weighted by Crippen LogP contribution is -2.08. The maximum Gasteiger partial charge on any atom is 0.363 e. The van der Waals surface area contributed by atoms with Gasteiger partial charge in [0.05, 0.1) is 12.1 Å². The Kier molecular flexibility index (Phi) is 7.31. The number of nitro benzene ring substituents is 1. The molecule has 3 aromatic rings. The van der Waals surface area contributed by atoms with E-state index in [9.17, 15) is 14.9 Å². The molecule has 0 aliphatic carbocycles. The number of hydrogen-bond donors (Lipinski definition) is 0. The van der Waals surface area contributed by atoms with Crippen molar-refractivity contribution in [1.82, 2.24) is 0 Å². The molecule has 0 amide bonds. The molecular formula is C25H18I2N2O5. The molecule has 1 aliphatic heterocycles. The third kappa shape index (κ3) is 5.30. The third-order valence-electron chi connectivity index (χ3n) is 5.14. The van der Waals surface area contributed by atoms with Crippen LogP contribution >= 0.6 is 45.2 Å². The highest BCUT2D eigenvalue weighted by atomic mass is 127. The highest BCUT2D eigenvalue weighted by molar-refractivity contribution is 14.1. The molecule has 0 N–H and O–H groups in total. The quantitative estimate of drug-likeness (QED) is 0.0997. The summed E-state index contributed by atoms with van der Waals surface area (Å²) in [5.41, 5.74) is 3.90. The lowest BCUT2D eigenvalue weighted by Gasteiger charge is -2.12. The van der Waals surface area contributed by atoms with Crippen molar-refractivity contribution in [3.8, 4) is 5.75 Å². The highest BCUT2D eigenvalue weighted by Gasteiger charge is 2.27. The van der Waals surface area contributed by atoms with Crippen LogP contribution in [0.2, 0.25) is 0 Å². The molecule has 0 saturated heterocycles. The van der Waals surface area contributed by atoms with Gasteiger partial charge in [-0.2, -0.15) is 0 Å². The molecule has 0 aromatic heterocycles. The Balaban J connectivity index is 1.59. The minimum Gasteiger partial charge on any atom is -0.487 e. The predicted molar refractivity (Wildman–Crippen MR) is 146 cm³/mol. The van der Waals surface area contributed by atoms with Crippen LogP contribution in [0.4, 0.5) is 5.69 Å². The third-order valence-corrected chi connectivity index (χ3v) is 6.75. The number of nitrogens with zero attached hydrogens (tertiary/aromatic N) is 2. The number of carbonyl (C=O) groups excluding carboxylic acids is 1. The molecule has 4 rings (SSSR count). The molecule has 34 heavy (non-hydrogen) atoms. The molecule has 3 aromatic carbocycles. The summed E-state index contributed by atoms with van der Waals surface area (Å²) in [6.45, 7) is 4.10. The van der Waals surface area contributed by atoms with Crippen LogP contribution in [0.15, 0.2) is 65.3 Å². The number of esters is 1. The van der Waals surface area contributed by atoms with Gasteiger partial charge < -0.3 is 9.47 Å². The molecule has 0 fully saturated rings. The minimum atomic E-state index is -0.606. The average molecular weight is 680 g/mol. The van der Waals surface area contributed by atoms with Gasteiger partial charge >= 0.3 is 5.97 Å². The van der Waals surface area contributed by atoms with Crippen molar-refractivity contribution < 1.29 is 19.2 Å². The Morgan fingerprint density at radius 1 is 1.09 bits per heavy atom. The summed E-state index contributed by atoms with van der Waals surface area (Å²) in [5, 5.41) is 11.2. The summed E-state index contributed by atoms with van der Waals surface area (Å²) in [5.74, 6) is 0.223. The van der Waals surface area contributed by atoms with Crippen molar-refractivity contribution in [1.29, 1.82) is 0 Å². The van der Waals surface area contributed by atoms with Crippen LogP contribution in [-0.4, -0.2) is 16.8 Å². The van der Waals surface area contributed by atoms with Gasteiger partial charge in [0.15, 0.2) is 5.70 Å². The zero-order valence-corrected chi connectivity index (χ0v) is 22.5. The Morgan fingerprint density at radius 3 is 2.47 bits per heavy atom. The lowest BCUT2D eigenvalue weighted by atomic mass is 10.1. The summed E-state index contributed by atoms with van der Waals surface area (Å²) in [4.78, 5) is 27.5. The van der Waals surface area contributed by atoms with Crippen LogP contribution in [0.25, 0.3) is 6.08 Å². The predicted octanol–water partition coefficient (Wildman–Crippen LogP) is 6.34. The first-order chi connectivity index (χ1) is 16.2. The number of benzene rings is 3. The minimum absolute atomic E-state index is 0.0555. The molecule has 7 nitrogen and oxygen atoms in total. The molecule has 1 heterocycles. The smallest absolute Gasteiger partial charge is 0.363 e. The molecule has 0 spiro atoms. The van der Waals surface area contributed by atoms with Crippen LogP contribution < -0.4 is 4.74 Å². The molecule has 9 heteroatoms. The van der Waals surface area contributed by atoms with Gasteiger partial charge in [-0.15, -0.1) is 0 Å². The van der Waals surface area contributed by atoms with E-state index < -0.39 is 10.9 Å². The van der Waals surface area contributed by atoms with Crippen LogP contribution in [0.1, 0.15) is 27.8 Å². The Bertz CT molecular complexity index is 1360. The van der Waals surface area contributed by atoms with Crippen molar-refractivity contribution in [2.45, 2.75) is 20.5 Å². The second kappa shape index (κ2) is 10.2. The zero-order chi connectivity index (χ0) is 24.4. The molecule has 0 bridgehead atoms. The van der Waals surface area contributed by atoms with E-state index in [-0.39, 0.29) is 17.3 Å². The fraction of sp³-hybridized carbons (Fsp3) is 0.120. The van der Waals surface area contributed by atoms with Crippen molar-refractivity contribution in [3.63, 3.8) is 0 Å². The number of aliphatic imine (C=N–C) groups is 1. The molecule has 0 atom stereocenters. The highest BCUT2D eigenvalue weighted by Crippen LogP contribution is 2.32. The first-order valence-electron chi connectivity index (χ1n) is 10.2. The normalized spacial score (nSPS) is 14.2. The number of ether oxygens (including phenoxy) is 2. The molecule has 1 aliphatic rings. The van der Waals surface area contributed by atoms with Gasteiger partial charge in [-0.1, -0.05) is 35.9 Å². The van der Waals surface area contributed by atoms with Gasteiger partial charge in [0.25, 0.3) is 5.69 Å². The van der Waals surface area contributed by atoms with Gasteiger partial charge in [0.1, 0.15) is 12.4 Å². The number of aryl methyl sites for hydroxylation is 1. The number of halogens is 2. The summed E-state index contributed by atoms with van der Waals surface area (Å²) in [6, 6.07) is 16.5. The Hall–Kier alpha value is -2.80. The van der Waals surface area contributed by atoms with E-state index in [1.165, 1.54) is 11.6 Å². The maximum atomic E-state index is 12.4. The van der Waals surface area contributed by atoms with Crippen molar-refractivity contribution >= 4 is 68.8 Å². The van der Waals surface area contributed by atoms with E-state index >= 15 is 0 Å². The Morgan fingerprint density at radius 2 is 1.79 bits per heavy atom. The van der Waals surface area contributed by atoms with Crippen LogP contribution in [0.3, 0.4) is 0 Å². The fourth-order valence-corrected chi connectivity index (χ4v) is 5.62. The standard InChI is InChI=1S/C25H18I2N2O5/c1-14-5-3-6-16(9-14)13-33-23-19(26)10-17(11-20(23)27)12-21-25(30)34-24(28-21)18-7-4-8-22(15(18)2)29(31)32/h3-12H,13H2,1-2H3/b21-12-. The average Bonchev–Trinajstić information content (AvgIpc) is 3.13. The zero-order valence-electron chi connectivity index (χ0n) is 18.2. The first-order valence-corrected chi connectivity index (χ1v) is 12.3. The van der Waals surface area contributed by atoms with Gasteiger partial charge in [0.2, 0.25) is 5.90 Å². The van der Waals surface area contributed by atoms with Gasteiger partial charge in [-0.25, -0.2) is 9.79 Å². The number of cyclic esters (lactones) is 1. The second-order valence-corrected chi connectivity index (χ2v) is 9.96. The summed E-state index contributed by atoms with van der Waals surface area (Å²) >= 11 is 4.41. The first kappa shape index (κ1) is 24.3. The topological polar surface area (TPSA) is 91.0 Å². The van der Waals surface area contributed by atoms with E-state index in [4.69, 9.17) is 9.47 Å². The van der Waals surface area contributed by atoms with E-state index in [0.717, 1.165) is 24.0 Å². The molecule has 0 unspecified atom stereocenters. The van der Waals surface area contributed by atoms with E-state index in [1.54, 1.807) is 25.1 Å². The monoisotopic (exact) mass is 680 g/mol.